The van der Waals surface area contributed by atoms with Gasteiger partial charge in [0.2, 0.25) is 5.95 Å². The molecule has 0 fully saturated rings. The van der Waals surface area contributed by atoms with Crippen LogP contribution in [0.1, 0.15) is 37.1 Å². The van der Waals surface area contributed by atoms with E-state index in [-0.39, 0.29) is 0 Å². The highest BCUT2D eigenvalue weighted by atomic mass is 15.1. The SMILES string of the molecule is CC[C@H](C)Nc1ncc2c(n1)CC=C2c1ccc2ncncc2c1. The zero-order valence-corrected chi connectivity index (χ0v) is 13.8. The molecule has 2 aromatic heterocycles. The van der Waals surface area contributed by atoms with Crippen molar-refractivity contribution >= 4 is 22.4 Å². The first-order valence-corrected chi connectivity index (χ1v) is 8.27. The van der Waals surface area contributed by atoms with Gasteiger partial charge in [-0.05, 0) is 36.6 Å². The molecule has 1 aromatic carbocycles. The normalized spacial score (nSPS) is 14.3. The third-order valence-corrected chi connectivity index (χ3v) is 4.46. The Bertz CT molecular complexity index is 932. The number of rotatable bonds is 4. The maximum atomic E-state index is 4.68. The van der Waals surface area contributed by atoms with Crippen LogP contribution in [0.4, 0.5) is 5.95 Å². The van der Waals surface area contributed by atoms with Crippen LogP contribution >= 0.6 is 0 Å². The lowest BCUT2D eigenvalue weighted by Crippen LogP contribution is -2.16. The molecule has 3 aromatic rings. The summed E-state index contributed by atoms with van der Waals surface area (Å²) in [5, 5.41) is 4.38. The number of hydrogen-bond donors (Lipinski definition) is 1. The number of aromatic nitrogens is 4. The molecule has 1 aliphatic rings. The van der Waals surface area contributed by atoms with Crippen molar-refractivity contribution in [1.29, 1.82) is 0 Å². The Morgan fingerprint density at radius 1 is 1.21 bits per heavy atom. The first-order valence-electron chi connectivity index (χ1n) is 8.27. The Balaban J connectivity index is 1.67. The van der Waals surface area contributed by atoms with Gasteiger partial charge in [0.05, 0.1) is 11.2 Å². The van der Waals surface area contributed by atoms with E-state index in [0.717, 1.165) is 40.6 Å². The van der Waals surface area contributed by atoms with Crippen molar-refractivity contribution in [2.24, 2.45) is 0 Å². The van der Waals surface area contributed by atoms with Gasteiger partial charge in [-0.1, -0.05) is 19.1 Å². The molecule has 0 aliphatic heterocycles. The molecular weight excluding hydrogens is 298 g/mol. The number of nitrogens with one attached hydrogen (secondary N) is 1. The minimum atomic E-state index is 0.373. The molecule has 120 valence electrons. The molecule has 4 rings (SSSR count). The summed E-state index contributed by atoms with van der Waals surface area (Å²) in [5.41, 5.74) is 5.49. The van der Waals surface area contributed by atoms with Crippen LogP contribution in [-0.4, -0.2) is 26.0 Å². The third-order valence-electron chi connectivity index (χ3n) is 4.46. The molecule has 5 nitrogen and oxygen atoms in total. The molecule has 0 saturated carbocycles. The van der Waals surface area contributed by atoms with E-state index in [4.69, 9.17) is 0 Å². The second kappa shape index (κ2) is 6.00. The molecule has 0 unspecified atom stereocenters. The molecular formula is C19H19N5. The molecule has 0 bridgehead atoms. The summed E-state index contributed by atoms with van der Waals surface area (Å²) in [5.74, 6) is 0.713. The van der Waals surface area contributed by atoms with Gasteiger partial charge in [0, 0.05) is 35.8 Å². The molecule has 0 saturated heterocycles. The second-order valence-corrected chi connectivity index (χ2v) is 6.13. The van der Waals surface area contributed by atoms with Crippen LogP contribution in [0.15, 0.2) is 43.0 Å². The summed E-state index contributed by atoms with van der Waals surface area (Å²) in [7, 11) is 0. The lowest BCUT2D eigenvalue weighted by atomic mass is 10.0. The molecule has 0 amide bonds. The van der Waals surface area contributed by atoms with E-state index in [1.165, 1.54) is 5.57 Å². The van der Waals surface area contributed by atoms with E-state index in [0.29, 0.717) is 12.0 Å². The van der Waals surface area contributed by atoms with E-state index in [2.05, 4.69) is 57.3 Å². The van der Waals surface area contributed by atoms with Gasteiger partial charge in [-0.3, -0.25) is 0 Å². The van der Waals surface area contributed by atoms with Gasteiger partial charge in [0.25, 0.3) is 0 Å². The van der Waals surface area contributed by atoms with Crippen LogP contribution < -0.4 is 5.32 Å². The van der Waals surface area contributed by atoms with Crippen LogP contribution in [0.2, 0.25) is 0 Å². The van der Waals surface area contributed by atoms with Crippen molar-refractivity contribution in [3.63, 3.8) is 0 Å². The van der Waals surface area contributed by atoms with Crippen LogP contribution in [0.25, 0.3) is 16.5 Å². The van der Waals surface area contributed by atoms with E-state index < -0.39 is 0 Å². The summed E-state index contributed by atoms with van der Waals surface area (Å²) in [6.45, 7) is 4.28. The zero-order chi connectivity index (χ0) is 16.5. The lowest BCUT2D eigenvalue weighted by Gasteiger charge is -2.12. The van der Waals surface area contributed by atoms with Crippen molar-refractivity contribution in [2.45, 2.75) is 32.7 Å². The van der Waals surface area contributed by atoms with Gasteiger partial charge in [-0.15, -0.1) is 0 Å². The minimum absolute atomic E-state index is 0.373. The molecule has 5 heteroatoms. The van der Waals surface area contributed by atoms with E-state index in [1.807, 2.05) is 18.5 Å². The number of fused-ring (bicyclic) bond motifs is 2. The highest BCUT2D eigenvalue weighted by Crippen LogP contribution is 2.32. The zero-order valence-electron chi connectivity index (χ0n) is 13.8. The number of allylic oxidation sites excluding steroid dienone is 1. The molecule has 0 spiro atoms. The monoisotopic (exact) mass is 317 g/mol. The summed E-state index contributed by atoms with van der Waals surface area (Å²) in [6.07, 6.45) is 9.45. The van der Waals surface area contributed by atoms with Gasteiger partial charge in [0.15, 0.2) is 0 Å². The Labute approximate surface area is 140 Å². The highest BCUT2D eigenvalue weighted by molar-refractivity contribution is 5.89. The van der Waals surface area contributed by atoms with E-state index in [9.17, 15) is 0 Å². The van der Waals surface area contributed by atoms with Crippen LogP contribution in [0.5, 0.6) is 0 Å². The maximum Gasteiger partial charge on any atom is 0.223 e. The Morgan fingerprint density at radius 2 is 2.12 bits per heavy atom. The largest absolute Gasteiger partial charge is 0.352 e. The second-order valence-electron chi connectivity index (χ2n) is 6.13. The quantitative estimate of drug-likeness (QED) is 0.796. The average Bonchev–Trinajstić information content (AvgIpc) is 3.04. The smallest absolute Gasteiger partial charge is 0.223 e. The van der Waals surface area contributed by atoms with Crippen LogP contribution in [0, 0.1) is 0 Å². The number of anilines is 1. The minimum Gasteiger partial charge on any atom is -0.352 e. The summed E-state index contributed by atoms with van der Waals surface area (Å²) >= 11 is 0. The summed E-state index contributed by atoms with van der Waals surface area (Å²) in [6, 6.07) is 6.63. The highest BCUT2D eigenvalue weighted by Gasteiger charge is 2.19. The first kappa shape index (κ1) is 14.8. The van der Waals surface area contributed by atoms with Crippen molar-refractivity contribution in [3.05, 3.63) is 59.8 Å². The fourth-order valence-corrected chi connectivity index (χ4v) is 2.92. The Morgan fingerprint density at radius 3 is 3.00 bits per heavy atom. The maximum absolute atomic E-state index is 4.68. The Hall–Kier alpha value is -2.82. The number of benzene rings is 1. The fourth-order valence-electron chi connectivity index (χ4n) is 2.92. The predicted octanol–water partition coefficient (Wildman–Crippen LogP) is 3.62. The van der Waals surface area contributed by atoms with Gasteiger partial charge in [-0.25, -0.2) is 19.9 Å². The average molecular weight is 317 g/mol. The third kappa shape index (κ3) is 2.62. The lowest BCUT2D eigenvalue weighted by molar-refractivity contribution is 0.751. The van der Waals surface area contributed by atoms with Crippen molar-refractivity contribution in [3.8, 4) is 0 Å². The number of nitrogens with zero attached hydrogens (tertiary/aromatic N) is 4. The predicted molar refractivity (Wildman–Crippen MR) is 95.7 cm³/mol. The summed E-state index contributed by atoms with van der Waals surface area (Å²) in [4.78, 5) is 17.6. The van der Waals surface area contributed by atoms with Crippen molar-refractivity contribution in [1.82, 2.24) is 19.9 Å². The fraction of sp³-hybridized carbons (Fsp3) is 0.263. The van der Waals surface area contributed by atoms with Gasteiger partial charge >= 0.3 is 0 Å². The van der Waals surface area contributed by atoms with Crippen molar-refractivity contribution in [2.75, 3.05) is 5.32 Å². The first-order chi connectivity index (χ1) is 11.7. The Kier molecular flexibility index (Phi) is 3.69. The van der Waals surface area contributed by atoms with Crippen LogP contribution in [-0.2, 0) is 6.42 Å². The number of hydrogen-bond acceptors (Lipinski definition) is 5. The molecule has 1 aliphatic carbocycles. The molecule has 1 atom stereocenters. The molecule has 2 heterocycles. The molecule has 0 radical (unpaired) electrons. The molecule has 1 N–H and O–H groups in total. The summed E-state index contributed by atoms with van der Waals surface area (Å²) < 4.78 is 0. The van der Waals surface area contributed by atoms with Gasteiger partial charge in [-0.2, -0.15) is 0 Å². The van der Waals surface area contributed by atoms with Gasteiger partial charge in [0.1, 0.15) is 6.33 Å². The van der Waals surface area contributed by atoms with E-state index in [1.54, 1.807) is 6.33 Å². The standard InChI is InChI=1S/C19H19N5/c1-3-12(2)23-19-21-10-16-15(5-7-18(16)24-19)13-4-6-17-14(8-13)9-20-11-22-17/h4-6,8-12H,3,7H2,1-2H3,(H,21,23,24)/t12-/m0/s1. The van der Waals surface area contributed by atoms with Gasteiger partial charge < -0.3 is 5.32 Å². The molecule has 24 heavy (non-hydrogen) atoms. The van der Waals surface area contributed by atoms with Crippen molar-refractivity contribution < 1.29 is 0 Å². The van der Waals surface area contributed by atoms with E-state index >= 15 is 0 Å². The van der Waals surface area contributed by atoms with Crippen LogP contribution in [0.3, 0.4) is 0 Å². The topological polar surface area (TPSA) is 63.6 Å².